The maximum atomic E-state index is 10.1. The summed E-state index contributed by atoms with van der Waals surface area (Å²) in [6, 6.07) is 82.1. The summed E-state index contributed by atoms with van der Waals surface area (Å²) < 4.78 is 0. The Morgan fingerprint density at radius 2 is 0.484 bits per heavy atom. The Morgan fingerprint density at radius 1 is 0.190 bits per heavy atom. The van der Waals surface area contributed by atoms with E-state index in [-0.39, 0.29) is 96.1 Å². The Morgan fingerprint density at radius 3 is 0.897 bits per heavy atom. The third-order valence-electron chi connectivity index (χ3n) is 22.4. The minimum Gasteiger partial charge on any atom is -0.370 e. The van der Waals surface area contributed by atoms with Gasteiger partial charge in [-0.25, -0.2) is 4.85 Å². The molecule has 20 rings (SSSR count). The van der Waals surface area contributed by atoms with Crippen LogP contribution < -0.4 is 0 Å². The fourth-order valence-electron chi connectivity index (χ4n) is 17.1. The molecule has 20 aromatic rings. The molecule has 0 amide bonds. The second-order valence-corrected chi connectivity index (χ2v) is 28.3. The quantitative estimate of drug-likeness (QED) is 0.102. The molecule has 0 unspecified atom stereocenters. The van der Waals surface area contributed by atoms with E-state index in [0.29, 0.717) is 70.8 Å². The monoisotopic (exact) mass is 1590 g/mol. The van der Waals surface area contributed by atoms with Crippen molar-refractivity contribution in [1.82, 2.24) is 9.97 Å². The standard InChI is InChI=1S/C28H8N6.C27H9N5.C26H10N4.C24H8N6/c1-32-26-22(14-31)24-21-11-17(13-30)16(12-29)10-20(21)23-18-7-5-4-6-15(18)8-9-19(23)25(24)27(33-2)28(26)34-3;1-30-23-12-22-20-10-16(13-28)17(14-29)11-21(20)24-18-7-5-4-6-15(18)8-9-19(24)25(22)27(32-3)26(23)31-2;1-28-23-11-21-20-13-25(30-3)24(29-2)12-19(20)18-9-8-15-6-4-5-7-17(15)26(18)22(21)10-16(23)14-27;1-27-23-24(28-2)30-22-19-10-15(12-26)14(11-25)9-18(19)20-16-6-4-3-5-13(16)7-8-17(20)21(22)29-23/h4-11H;4-12H;4-13H;3-10H. The first-order chi connectivity index (χ1) is 61.7. The van der Waals surface area contributed by atoms with E-state index in [1.54, 1.807) is 60.7 Å². The molecule has 0 radical (unpaired) electrons. The predicted octanol–water partition coefficient (Wildman–Crippen LogP) is 29.0. The molecule has 0 aliphatic carbocycles. The average Bonchev–Trinajstić information content (AvgIpc) is 0.708. The summed E-state index contributed by atoms with van der Waals surface area (Å²) in [5.74, 6) is -0.137. The fraction of sp³-hybridized carbons (Fsp3) is 0. The van der Waals surface area contributed by atoms with Crippen molar-refractivity contribution in [3.05, 3.63) is 382 Å². The summed E-state index contributed by atoms with van der Waals surface area (Å²) in [5.41, 5.74) is 3.36. The number of hydrogen-bond donors (Lipinski definition) is 0. The van der Waals surface area contributed by atoms with Gasteiger partial charge in [0.1, 0.15) is 36.4 Å². The highest BCUT2D eigenvalue weighted by Gasteiger charge is 2.29. The minimum atomic E-state index is -0.180. The van der Waals surface area contributed by atoms with E-state index in [0.717, 1.165) is 113 Å². The lowest BCUT2D eigenvalue weighted by atomic mass is 9.86. The lowest BCUT2D eigenvalue weighted by Gasteiger charge is -2.17. The van der Waals surface area contributed by atoms with E-state index in [9.17, 15) is 42.1 Å². The first-order valence-corrected chi connectivity index (χ1v) is 37.4. The Labute approximate surface area is 714 Å². The van der Waals surface area contributed by atoms with Gasteiger partial charge in [-0.1, -0.05) is 171 Å². The molecule has 0 saturated carbocycles. The van der Waals surface area contributed by atoms with Gasteiger partial charge < -0.3 is 9.69 Å². The second kappa shape index (κ2) is 31.1. The summed E-state index contributed by atoms with van der Waals surface area (Å²) in [7, 11) is 0. The van der Waals surface area contributed by atoms with E-state index in [1.807, 2.05) is 152 Å². The SMILES string of the molecule is [C-]#[N+]c1c([N+]#[C-])c([N+]#[C-])c2c3ccc4ccccc4c3c3cc(C#N)c(C#N)cc3c2c1C#N.[C-]#[N+]c1cc2c3cc(C#N)c(C#N)cc3c3c4ccccc4ccc3c2c([N+]#[C-])c1[N+]#[C-].[C-]#[N+]c1cc2c3cc([N+]#[C-])c([N+]#[C-])cc3c3ccc4ccccc4c3c2cc1C#N.[C-]#[N+]c1nc2c3cc(C#N)c(C#N)cc3c3c4ccccc4ccc3c2nc1[N+]#[C-]. The lowest BCUT2D eigenvalue weighted by Crippen LogP contribution is -1.93. The Balaban J connectivity index is 0.000000119. The highest BCUT2D eigenvalue weighted by atomic mass is 15.0. The summed E-state index contributed by atoms with van der Waals surface area (Å²) >= 11 is 0. The van der Waals surface area contributed by atoms with Gasteiger partial charge in [0.2, 0.25) is 33.8 Å². The van der Waals surface area contributed by atoms with Crippen molar-refractivity contribution in [3.63, 3.8) is 0 Å². The number of nitrogens with zero attached hydrogens (tertiary/aromatic N) is 21. The number of aromatic nitrogens is 2. The molecule has 19 aromatic carbocycles. The molecule has 0 fully saturated rings. The minimum absolute atomic E-state index is 0.0000449. The number of benzene rings is 19. The number of fused-ring (bicyclic) bond motifs is 32. The Kier molecular flexibility index (Phi) is 19.1. The van der Waals surface area contributed by atoms with E-state index in [1.165, 1.54) is 6.07 Å². The summed E-state index contributed by atoms with van der Waals surface area (Å²) in [5, 5.41) is 101. The molecule has 560 valence electrons. The molecule has 0 aliphatic rings. The van der Waals surface area contributed by atoms with E-state index in [4.69, 9.17) is 72.3 Å². The molecule has 0 aliphatic heterocycles. The van der Waals surface area contributed by atoms with Crippen LogP contribution in [0, 0.1) is 163 Å². The van der Waals surface area contributed by atoms with Crippen LogP contribution in [0.15, 0.2) is 212 Å². The number of nitriles is 8. The third-order valence-corrected chi connectivity index (χ3v) is 22.4. The smallest absolute Gasteiger partial charge is 0.294 e. The van der Waals surface area contributed by atoms with Crippen molar-refractivity contribution in [2.24, 2.45) is 0 Å². The molecule has 1 aromatic heterocycles. The first-order valence-electron chi connectivity index (χ1n) is 37.4. The van der Waals surface area contributed by atoms with E-state index < -0.39 is 0 Å². The van der Waals surface area contributed by atoms with Gasteiger partial charge in [0.15, 0.2) is 28.4 Å². The van der Waals surface area contributed by atoms with Crippen molar-refractivity contribution in [1.29, 1.82) is 42.1 Å². The lowest BCUT2D eigenvalue weighted by molar-refractivity contribution is 1.35. The van der Waals surface area contributed by atoms with Crippen LogP contribution >= 0.6 is 0 Å². The highest BCUT2D eigenvalue weighted by Crippen LogP contribution is 2.55. The second-order valence-electron chi connectivity index (χ2n) is 28.3. The van der Waals surface area contributed by atoms with Gasteiger partial charge in [-0.2, -0.15) is 42.1 Å². The topological polar surface area (TPSA) is 264 Å². The molecule has 0 atom stereocenters. The average molecular weight is 1590 g/mol. The summed E-state index contributed by atoms with van der Waals surface area (Å²) in [6.07, 6.45) is 0. The van der Waals surface area contributed by atoms with Crippen LogP contribution in [0.25, 0.3) is 226 Å². The highest BCUT2D eigenvalue weighted by molar-refractivity contribution is 6.39. The van der Waals surface area contributed by atoms with E-state index >= 15 is 0 Å². The summed E-state index contributed by atoms with van der Waals surface area (Å²) in [4.78, 5) is 47.4. The largest absolute Gasteiger partial charge is 0.370 e. The predicted molar refractivity (Wildman–Crippen MR) is 488 cm³/mol. The molecule has 1 heterocycles. The molecule has 0 saturated heterocycles. The fourth-order valence-corrected chi connectivity index (χ4v) is 17.1. The van der Waals surface area contributed by atoms with Gasteiger partial charge in [-0.05, 0) is 200 Å². The molecule has 21 nitrogen and oxygen atoms in total. The van der Waals surface area contributed by atoms with Gasteiger partial charge in [0, 0.05) is 16.2 Å². The zero-order valence-electron chi connectivity index (χ0n) is 64.6. The number of hydrogen-bond acceptors (Lipinski definition) is 10. The summed E-state index contributed by atoms with van der Waals surface area (Å²) in [6.45, 7) is 83.3. The molecule has 0 N–H and O–H groups in total. The van der Waals surface area contributed by atoms with Crippen molar-refractivity contribution < 1.29 is 0 Å². The Hall–Kier alpha value is -21.3. The Bertz CT molecular complexity index is 9310. The molecular weight excluding hydrogens is 1560 g/mol. The van der Waals surface area contributed by atoms with Crippen LogP contribution in [0.2, 0.25) is 0 Å². The van der Waals surface area contributed by atoms with Gasteiger partial charge in [-0.15, -0.1) is 9.97 Å². The number of rotatable bonds is 0. The van der Waals surface area contributed by atoms with Gasteiger partial charge >= 0.3 is 0 Å². The first kappa shape index (κ1) is 77.3. The third kappa shape index (κ3) is 11.8. The van der Waals surface area contributed by atoms with Crippen molar-refractivity contribution in [2.45, 2.75) is 0 Å². The van der Waals surface area contributed by atoms with Crippen LogP contribution in [0.4, 0.5) is 62.8 Å². The zero-order chi connectivity index (χ0) is 88.0. The maximum absolute atomic E-state index is 10.1. The van der Waals surface area contributed by atoms with Gasteiger partial charge in [0.25, 0.3) is 11.6 Å². The van der Waals surface area contributed by atoms with Crippen molar-refractivity contribution in [3.8, 4) is 48.6 Å². The molecule has 21 heteroatoms. The molecule has 0 bridgehead atoms. The van der Waals surface area contributed by atoms with Crippen LogP contribution in [0.5, 0.6) is 0 Å². The van der Waals surface area contributed by atoms with Crippen molar-refractivity contribution >= 4 is 235 Å². The molecule has 126 heavy (non-hydrogen) atoms. The normalized spacial score (nSPS) is 10.4. The molecular formula is C105H35N21. The van der Waals surface area contributed by atoms with E-state index in [2.05, 4.69) is 106 Å². The van der Waals surface area contributed by atoms with Crippen LogP contribution in [-0.2, 0) is 0 Å². The molecule has 0 spiro atoms. The van der Waals surface area contributed by atoms with Crippen LogP contribution in [0.3, 0.4) is 0 Å². The van der Waals surface area contributed by atoms with Crippen molar-refractivity contribution in [2.75, 3.05) is 0 Å². The zero-order valence-corrected chi connectivity index (χ0v) is 64.6. The van der Waals surface area contributed by atoms with Gasteiger partial charge in [-0.3, -0.25) is 38.8 Å². The maximum Gasteiger partial charge on any atom is 0.294 e. The van der Waals surface area contributed by atoms with Crippen LogP contribution in [-0.4, -0.2) is 9.97 Å². The van der Waals surface area contributed by atoms with Crippen LogP contribution in [0.1, 0.15) is 44.5 Å². The van der Waals surface area contributed by atoms with Gasteiger partial charge in [0.05, 0.1) is 116 Å².